The lowest BCUT2D eigenvalue weighted by Gasteiger charge is -2.30. The number of nitrogens with one attached hydrogen (secondary N) is 1. The van der Waals surface area contributed by atoms with Gasteiger partial charge in [-0.15, -0.1) is 6.58 Å². The molecule has 1 amide bonds. The van der Waals surface area contributed by atoms with Crippen molar-refractivity contribution < 1.29 is 9.53 Å². The quantitative estimate of drug-likeness (QED) is 0.805. The van der Waals surface area contributed by atoms with E-state index in [0.29, 0.717) is 18.0 Å². The van der Waals surface area contributed by atoms with Crippen LogP contribution in [0.1, 0.15) is 43.1 Å². The van der Waals surface area contributed by atoms with Crippen molar-refractivity contribution >= 4 is 5.91 Å². The fourth-order valence-corrected chi connectivity index (χ4v) is 2.34. The summed E-state index contributed by atoms with van der Waals surface area (Å²) in [7, 11) is 1.61. The van der Waals surface area contributed by atoms with Crippen molar-refractivity contribution in [2.75, 3.05) is 13.7 Å². The van der Waals surface area contributed by atoms with Crippen LogP contribution in [0.5, 0.6) is 5.75 Å². The fourth-order valence-electron chi connectivity index (χ4n) is 2.34. The predicted molar refractivity (Wildman–Crippen MR) is 87.8 cm³/mol. The minimum Gasteiger partial charge on any atom is -0.496 e. The summed E-state index contributed by atoms with van der Waals surface area (Å²) in [5.41, 5.74) is 1.67. The van der Waals surface area contributed by atoms with Gasteiger partial charge in [0, 0.05) is 17.7 Å². The van der Waals surface area contributed by atoms with Crippen LogP contribution in [-0.4, -0.2) is 19.6 Å². The Morgan fingerprint density at radius 2 is 2.10 bits per heavy atom. The maximum Gasteiger partial charge on any atom is 0.251 e. The summed E-state index contributed by atoms with van der Waals surface area (Å²) >= 11 is 0. The highest BCUT2D eigenvalue weighted by atomic mass is 16.5. The van der Waals surface area contributed by atoms with Crippen LogP contribution in [-0.2, 0) is 0 Å². The standard InChI is InChI=1S/C18H27NO2/c1-7-9-14(18(3,4)5)12-19-17(20)15-10-8-11-16(21-6)13(15)2/h7-8,10-11,14H,1,9,12H2,2-6H3,(H,19,20)/t14-/m0/s1. The zero-order valence-corrected chi connectivity index (χ0v) is 13.8. The third-order valence-corrected chi connectivity index (χ3v) is 3.93. The van der Waals surface area contributed by atoms with Crippen LogP contribution in [0.4, 0.5) is 0 Å². The summed E-state index contributed by atoms with van der Waals surface area (Å²) in [6.07, 6.45) is 2.81. The first-order chi connectivity index (χ1) is 9.81. The predicted octanol–water partition coefficient (Wildman–Crippen LogP) is 3.97. The van der Waals surface area contributed by atoms with Crippen LogP contribution in [0.15, 0.2) is 30.9 Å². The van der Waals surface area contributed by atoms with Crippen LogP contribution in [0.3, 0.4) is 0 Å². The number of ether oxygens (including phenoxy) is 1. The average Bonchev–Trinajstić information content (AvgIpc) is 2.42. The Morgan fingerprint density at radius 1 is 1.43 bits per heavy atom. The molecular weight excluding hydrogens is 262 g/mol. The van der Waals surface area contributed by atoms with Gasteiger partial charge >= 0.3 is 0 Å². The normalized spacial score (nSPS) is 12.6. The van der Waals surface area contributed by atoms with E-state index in [4.69, 9.17) is 4.74 Å². The average molecular weight is 289 g/mol. The summed E-state index contributed by atoms with van der Waals surface area (Å²) in [5, 5.41) is 3.04. The van der Waals surface area contributed by atoms with Gasteiger partial charge < -0.3 is 10.1 Å². The Kier molecular flexibility index (Phi) is 6.01. The number of carbonyl (C=O) groups excluding carboxylic acids is 1. The van der Waals surface area contributed by atoms with E-state index < -0.39 is 0 Å². The van der Waals surface area contributed by atoms with Crippen molar-refractivity contribution in [3.63, 3.8) is 0 Å². The van der Waals surface area contributed by atoms with Crippen LogP contribution in [0.25, 0.3) is 0 Å². The lowest BCUT2D eigenvalue weighted by molar-refractivity contribution is 0.0933. The van der Waals surface area contributed by atoms with E-state index in [1.165, 1.54) is 0 Å². The van der Waals surface area contributed by atoms with E-state index in [1.807, 2.05) is 31.2 Å². The molecule has 1 rings (SSSR count). The van der Waals surface area contributed by atoms with Crippen molar-refractivity contribution in [2.45, 2.75) is 34.1 Å². The van der Waals surface area contributed by atoms with Gasteiger partial charge in [-0.05, 0) is 36.8 Å². The van der Waals surface area contributed by atoms with Crippen molar-refractivity contribution in [2.24, 2.45) is 11.3 Å². The lowest BCUT2D eigenvalue weighted by atomic mass is 9.78. The summed E-state index contributed by atoms with van der Waals surface area (Å²) in [6.45, 7) is 12.9. The molecule has 0 spiro atoms. The topological polar surface area (TPSA) is 38.3 Å². The molecule has 0 saturated carbocycles. The number of benzene rings is 1. The largest absolute Gasteiger partial charge is 0.496 e. The molecule has 1 aromatic rings. The van der Waals surface area contributed by atoms with Crippen molar-refractivity contribution in [1.82, 2.24) is 5.32 Å². The molecule has 0 aromatic heterocycles. The van der Waals surface area contributed by atoms with Gasteiger partial charge in [0.15, 0.2) is 0 Å². The van der Waals surface area contributed by atoms with Gasteiger partial charge in [-0.3, -0.25) is 4.79 Å². The summed E-state index contributed by atoms with van der Waals surface area (Å²) in [4.78, 5) is 12.4. The van der Waals surface area contributed by atoms with Gasteiger partial charge in [0.1, 0.15) is 5.75 Å². The molecule has 0 aliphatic rings. The van der Waals surface area contributed by atoms with Crippen LogP contribution < -0.4 is 10.1 Å². The number of allylic oxidation sites excluding steroid dienone is 1. The monoisotopic (exact) mass is 289 g/mol. The van der Waals surface area contributed by atoms with E-state index in [1.54, 1.807) is 7.11 Å². The molecule has 1 aromatic carbocycles. The molecule has 0 fully saturated rings. The van der Waals surface area contributed by atoms with Gasteiger partial charge in [0.05, 0.1) is 7.11 Å². The fraction of sp³-hybridized carbons (Fsp3) is 0.500. The maximum atomic E-state index is 12.4. The molecule has 21 heavy (non-hydrogen) atoms. The molecule has 0 saturated heterocycles. The Hall–Kier alpha value is -1.77. The highest BCUT2D eigenvalue weighted by Gasteiger charge is 2.24. The molecule has 116 valence electrons. The number of carbonyl (C=O) groups is 1. The highest BCUT2D eigenvalue weighted by molar-refractivity contribution is 5.96. The van der Waals surface area contributed by atoms with E-state index >= 15 is 0 Å². The van der Waals surface area contributed by atoms with E-state index in [9.17, 15) is 4.79 Å². The van der Waals surface area contributed by atoms with E-state index in [0.717, 1.165) is 17.7 Å². The molecular formula is C18H27NO2. The van der Waals surface area contributed by atoms with Crippen LogP contribution in [0, 0.1) is 18.3 Å². The highest BCUT2D eigenvalue weighted by Crippen LogP contribution is 2.28. The van der Waals surface area contributed by atoms with Crippen molar-refractivity contribution in [1.29, 1.82) is 0 Å². The smallest absolute Gasteiger partial charge is 0.251 e. The molecule has 0 unspecified atom stereocenters. The Balaban J connectivity index is 2.80. The molecule has 0 heterocycles. The molecule has 0 aliphatic heterocycles. The second-order valence-corrected chi connectivity index (χ2v) is 6.43. The van der Waals surface area contributed by atoms with Crippen LogP contribution >= 0.6 is 0 Å². The van der Waals surface area contributed by atoms with Gasteiger partial charge in [0.25, 0.3) is 5.91 Å². The van der Waals surface area contributed by atoms with Crippen molar-refractivity contribution in [3.8, 4) is 5.75 Å². The number of hydrogen-bond acceptors (Lipinski definition) is 2. The zero-order chi connectivity index (χ0) is 16.0. The van der Waals surface area contributed by atoms with Gasteiger partial charge in [0.2, 0.25) is 0 Å². The second kappa shape index (κ2) is 7.30. The maximum absolute atomic E-state index is 12.4. The lowest BCUT2D eigenvalue weighted by Crippen LogP contribution is -2.35. The molecule has 0 bridgehead atoms. The number of amides is 1. The SMILES string of the molecule is C=CC[C@@H](CNC(=O)c1cccc(OC)c1C)C(C)(C)C. The summed E-state index contributed by atoms with van der Waals surface area (Å²) in [6, 6.07) is 5.53. The van der Waals surface area contributed by atoms with Crippen LogP contribution in [0.2, 0.25) is 0 Å². The first-order valence-electron chi connectivity index (χ1n) is 7.34. The molecule has 3 nitrogen and oxygen atoms in total. The minimum atomic E-state index is -0.0512. The van der Waals surface area contributed by atoms with Crippen molar-refractivity contribution in [3.05, 3.63) is 42.0 Å². The van der Waals surface area contributed by atoms with Gasteiger partial charge in [-0.2, -0.15) is 0 Å². The van der Waals surface area contributed by atoms with E-state index in [2.05, 4.69) is 32.7 Å². The molecule has 1 N–H and O–H groups in total. The molecule has 0 aliphatic carbocycles. The number of hydrogen-bond donors (Lipinski definition) is 1. The van der Waals surface area contributed by atoms with Gasteiger partial charge in [-0.25, -0.2) is 0 Å². The Bertz CT molecular complexity index is 500. The number of rotatable bonds is 6. The molecule has 0 radical (unpaired) electrons. The summed E-state index contributed by atoms with van der Waals surface area (Å²) < 4.78 is 5.26. The van der Waals surface area contributed by atoms with E-state index in [-0.39, 0.29) is 11.3 Å². The third kappa shape index (κ3) is 4.62. The van der Waals surface area contributed by atoms with Gasteiger partial charge in [-0.1, -0.05) is 32.9 Å². The zero-order valence-electron chi connectivity index (χ0n) is 13.8. The Labute approximate surface area is 128 Å². The second-order valence-electron chi connectivity index (χ2n) is 6.43. The Morgan fingerprint density at radius 3 is 2.62 bits per heavy atom. The third-order valence-electron chi connectivity index (χ3n) is 3.93. The molecule has 1 atom stereocenters. The first-order valence-corrected chi connectivity index (χ1v) is 7.34. The summed E-state index contributed by atoms with van der Waals surface area (Å²) in [5.74, 6) is 1.05. The minimum absolute atomic E-state index is 0.0512. The first kappa shape index (κ1) is 17.3. The molecule has 3 heteroatoms. The number of methoxy groups -OCH3 is 1.